The van der Waals surface area contributed by atoms with Gasteiger partial charge >= 0.3 is 5.97 Å². The molecule has 1 heterocycles. The number of rotatable bonds is 5. The van der Waals surface area contributed by atoms with E-state index in [9.17, 15) is 4.79 Å². The van der Waals surface area contributed by atoms with E-state index in [1.807, 2.05) is 32.2 Å². The summed E-state index contributed by atoms with van der Waals surface area (Å²) in [5.41, 5.74) is 1.11. The van der Waals surface area contributed by atoms with E-state index in [0.29, 0.717) is 0 Å². The van der Waals surface area contributed by atoms with Crippen molar-refractivity contribution in [1.82, 2.24) is 10.3 Å². The van der Waals surface area contributed by atoms with Crippen LogP contribution in [-0.4, -0.2) is 24.1 Å². The third-order valence-corrected chi connectivity index (χ3v) is 3.02. The Morgan fingerprint density at radius 1 is 1.41 bits per heavy atom. The molecule has 4 nitrogen and oxygen atoms in total. The number of esters is 1. The molecule has 0 aliphatic carbocycles. The first-order chi connectivity index (χ1) is 8.06. The molecule has 1 rings (SSSR count). The van der Waals surface area contributed by atoms with E-state index in [0.717, 1.165) is 5.56 Å². The first-order valence-corrected chi connectivity index (χ1v) is 5.80. The predicted octanol–water partition coefficient (Wildman–Crippen LogP) is 1.93. The summed E-state index contributed by atoms with van der Waals surface area (Å²) in [6.45, 7) is 5.89. The molecule has 1 aromatic heterocycles. The first-order valence-electron chi connectivity index (χ1n) is 5.80. The van der Waals surface area contributed by atoms with Gasteiger partial charge in [-0.25, -0.2) is 0 Å². The zero-order valence-electron chi connectivity index (χ0n) is 10.8. The smallest absolute Gasteiger partial charge is 0.309 e. The largest absolute Gasteiger partial charge is 0.469 e. The molecule has 0 aromatic carbocycles. The number of pyridine rings is 1. The molecule has 0 amide bonds. The van der Waals surface area contributed by atoms with Crippen molar-refractivity contribution in [2.75, 3.05) is 7.11 Å². The SMILES string of the molecule is COC(=O)C(C)C(C)N[C@@H](C)c1cccnc1. The fraction of sp³-hybridized carbons (Fsp3) is 0.538. The van der Waals surface area contributed by atoms with E-state index in [1.54, 1.807) is 6.20 Å². The maximum Gasteiger partial charge on any atom is 0.309 e. The lowest BCUT2D eigenvalue weighted by molar-refractivity contribution is -0.145. The standard InChI is InChI=1S/C13H20N2O2/c1-9(13(16)17-4)10(2)15-11(3)12-6-5-7-14-8-12/h5-11,15H,1-4H3/t9?,10?,11-/m0/s1. The molecule has 1 N–H and O–H groups in total. The van der Waals surface area contributed by atoms with Crippen LogP contribution in [0.15, 0.2) is 24.5 Å². The zero-order chi connectivity index (χ0) is 12.8. The van der Waals surface area contributed by atoms with Crippen LogP contribution in [0.25, 0.3) is 0 Å². The summed E-state index contributed by atoms with van der Waals surface area (Å²) in [5.74, 6) is -0.359. The van der Waals surface area contributed by atoms with Gasteiger partial charge in [-0.15, -0.1) is 0 Å². The van der Waals surface area contributed by atoms with Crippen molar-refractivity contribution in [2.24, 2.45) is 5.92 Å². The van der Waals surface area contributed by atoms with Gasteiger partial charge in [0.25, 0.3) is 0 Å². The first kappa shape index (κ1) is 13.6. The van der Waals surface area contributed by atoms with Gasteiger partial charge in [-0.3, -0.25) is 9.78 Å². The van der Waals surface area contributed by atoms with Gasteiger partial charge in [-0.05, 0) is 25.5 Å². The van der Waals surface area contributed by atoms with Gasteiger partial charge in [0.15, 0.2) is 0 Å². The lowest BCUT2D eigenvalue weighted by Gasteiger charge is -2.23. The van der Waals surface area contributed by atoms with Gasteiger partial charge in [0, 0.05) is 24.5 Å². The molecule has 3 atom stereocenters. The van der Waals surface area contributed by atoms with E-state index < -0.39 is 0 Å². The Morgan fingerprint density at radius 3 is 2.65 bits per heavy atom. The number of aromatic nitrogens is 1. The van der Waals surface area contributed by atoms with Crippen LogP contribution in [-0.2, 0) is 9.53 Å². The summed E-state index contributed by atoms with van der Waals surface area (Å²) in [4.78, 5) is 15.5. The van der Waals surface area contributed by atoms with E-state index in [-0.39, 0.29) is 24.0 Å². The van der Waals surface area contributed by atoms with Crippen LogP contribution in [0.2, 0.25) is 0 Å². The lowest BCUT2D eigenvalue weighted by Crippen LogP contribution is -2.38. The van der Waals surface area contributed by atoms with Crippen molar-refractivity contribution in [2.45, 2.75) is 32.9 Å². The number of nitrogens with one attached hydrogen (secondary N) is 1. The number of carbonyl (C=O) groups excluding carboxylic acids is 1. The summed E-state index contributed by atoms with van der Waals surface area (Å²) in [5, 5.41) is 3.37. The van der Waals surface area contributed by atoms with Crippen molar-refractivity contribution in [3.05, 3.63) is 30.1 Å². The van der Waals surface area contributed by atoms with Gasteiger partial charge in [-0.2, -0.15) is 0 Å². The van der Waals surface area contributed by atoms with Crippen molar-refractivity contribution in [1.29, 1.82) is 0 Å². The zero-order valence-corrected chi connectivity index (χ0v) is 10.8. The van der Waals surface area contributed by atoms with Crippen LogP contribution in [0.4, 0.5) is 0 Å². The molecule has 1 aromatic rings. The fourth-order valence-corrected chi connectivity index (χ4v) is 1.66. The third-order valence-electron chi connectivity index (χ3n) is 3.02. The summed E-state index contributed by atoms with van der Waals surface area (Å²) < 4.78 is 4.73. The number of ether oxygens (including phenoxy) is 1. The molecule has 4 heteroatoms. The molecule has 0 bridgehead atoms. The number of nitrogens with zero attached hydrogens (tertiary/aromatic N) is 1. The van der Waals surface area contributed by atoms with Crippen molar-refractivity contribution < 1.29 is 9.53 Å². The van der Waals surface area contributed by atoms with E-state index >= 15 is 0 Å². The van der Waals surface area contributed by atoms with Crippen LogP contribution in [0.1, 0.15) is 32.4 Å². The fourth-order valence-electron chi connectivity index (χ4n) is 1.66. The molecule has 0 saturated heterocycles. The second kappa shape index (κ2) is 6.35. The van der Waals surface area contributed by atoms with Crippen LogP contribution in [0.3, 0.4) is 0 Å². The lowest BCUT2D eigenvalue weighted by atomic mass is 10.0. The van der Waals surface area contributed by atoms with E-state index in [4.69, 9.17) is 4.74 Å². The Labute approximate surface area is 102 Å². The maximum atomic E-state index is 11.4. The highest BCUT2D eigenvalue weighted by molar-refractivity contribution is 5.72. The van der Waals surface area contributed by atoms with Gasteiger partial charge in [0.2, 0.25) is 0 Å². The Hall–Kier alpha value is -1.42. The highest BCUT2D eigenvalue weighted by Gasteiger charge is 2.22. The van der Waals surface area contributed by atoms with Gasteiger partial charge in [0.05, 0.1) is 13.0 Å². The maximum absolute atomic E-state index is 11.4. The highest BCUT2D eigenvalue weighted by Crippen LogP contribution is 2.14. The Morgan fingerprint density at radius 2 is 2.12 bits per heavy atom. The number of hydrogen-bond acceptors (Lipinski definition) is 4. The molecule has 0 aliphatic rings. The van der Waals surface area contributed by atoms with Crippen molar-refractivity contribution in [3.8, 4) is 0 Å². The van der Waals surface area contributed by atoms with Crippen LogP contribution in [0.5, 0.6) is 0 Å². The number of hydrogen-bond donors (Lipinski definition) is 1. The summed E-state index contributed by atoms with van der Waals surface area (Å²) in [6.07, 6.45) is 3.57. The molecule has 2 unspecified atom stereocenters. The molecule has 0 aliphatic heterocycles. The minimum Gasteiger partial charge on any atom is -0.469 e. The normalized spacial score (nSPS) is 16.0. The molecule has 94 valence electrons. The monoisotopic (exact) mass is 236 g/mol. The van der Waals surface area contributed by atoms with Crippen LogP contribution in [0, 0.1) is 5.92 Å². The average molecular weight is 236 g/mol. The Kier molecular flexibility index (Phi) is 5.10. The molecule has 17 heavy (non-hydrogen) atoms. The van der Waals surface area contributed by atoms with Gasteiger partial charge < -0.3 is 10.1 Å². The minimum atomic E-state index is -0.191. The quantitative estimate of drug-likeness (QED) is 0.794. The summed E-state index contributed by atoms with van der Waals surface area (Å²) >= 11 is 0. The van der Waals surface area contributed by atoms with Gasteiger partial charge in [0.1, 0.15) is 0 Å². The van der Waals surface area contributed by atoms with Gasteiger partial charge in [-0.1, -0.05) is 13.0 Å². The number of carbonyl (C=O) groups is 1. The van der Waals surface area contributed by atoms with Crippen LogP contribution >= 0.6 is 0 Å². The average Bonchev–Trinajstić information content (AvgIpc) is 2.37. The molecular weight excluding hydrogens is 216 g/mol. The molecular formula is C13H20N2O2. The third kappa shape index (κ3) is 3.82. The molecule has 0 fully saturated rings. The Bertz CT molecular complexity index is 354. The topological polar surface area (TPSA) is 51.2 Å². The minimum absolute atomic E-state index is 0.0534. The molecule has 0 saturated carbocycles. The molecule has 0 spiro atoms. The van der Waals surface area contributed by atoms with Crippen molar-refractivity contribution in [3.63, 3.8) is 0 Å². The summed E-state index contributed by atoms with van der Waals surface area (Å²) in [7, 11) is 1.41. The van der Waals surface area contributed by atoms with Crippen molar-refractivity contribution >= 4 is 5.97 Å². The van der Waals surface area contributed by atoms with E-state index in [1.165, 1.54) is 7.11 Å². The van der Waals surface area contributed by atoms with E-state index in [2.05, 4.69) is 17.2 Å². The predicted molar refractivity (Wildman–Crippen MR) is 66.4 cm³/mol. The van der Waals surface area contributed by atoms with Crippen LogP contribution < -0.4 is 5.32 Å². The second-order valence-corrected chi connectivity index (χ2v) is 4.28. The Balaban J connectivity index is 2.57. The molecule has 0 radical (unpaired) electrons. The number of methoxy groups -OCH3 is 1. The summed E-state index contributed by atoms with van der Waals surface area (Å²) in [6, 6.07) is 4.13. The highest BCUT2D eigenvalue weighted by atomic mass is 16.5. The second-order valence-electron chi connectivity index (χ2n) is 4.28.